The second kappa shape index (κ2) is 3.66. The van der Waals surface area contributed by atoms with Gasteiger partial charge in [0.2, 0.25) is 0 Å². The van der Waals surface area contributed by atoms with Crippen LogP contribution >= 0.6 is 0 Å². The highest BCUT2D eigenvalue weighted by Crippen LogP contribution is 2.16. The van der Waals surface area contributed by atoms with Gasteiger partial charge in [0.25, 0.3) is 0 Å². The van der Waals surface area contributed by atoms with E-state index in [1.165, 1.54) is 5.52 Å². The first-order valence-electron chi connectivity index (χ1n) is 4.92. The van der Waals surface area contributed by atoms with Crippen LogP contribution in [0.3, 0.4) is 0 Å². The number of hydrogen-bond donors (Lipinski definition) is 0. The highest BCUT2D eigenvalue weighted by molar-refractivity contribution is 5.75. The molecule has 0 N–H and O–H groups in total. The molecule has 0 aliphatic heterocycles. The molecule has 0 atom stereocenters. The fraction of sp³-hybridized carbons (Fsp3) is 0.250. The molecule has 0 saturated heterocycles. The van der Waals surface area contributed by atoms with E-state index in [0.29, 0.717) is 0 Å². The summed E-state index contributed by atoms with van der Waals surface area (Å²) in [7, 11) is 0. The molecular weight excluding hydrogens is 172 g/mol. The number of nitrogens with zero attached hydrogens (tertiary/aromatic N) is 2. The SMILES string of the molecule is C=CCn1c(CC)nc2ccccc21. The molecule has 0 aliphatic carbocycles. The van der Waals surface area contributed by atoms with Gasteiger partial charge in [0, 0.05) is 13.0 Å². The fourth-order valence-electron chi connectivity index (χ4n) is 1.73. The summed E-state index contributed by atoms with van der Waals surface area (Å²) >= 11 is 0. The van der Waals surface area contributed by atoms with E-state index in [4.69, 9.17) is 0 Å². The predicted molar refractivity (Wildman–Crippen MR) is 59.3 cm³/mol. The van der Waals surface area contributed by atoms with E-state index in [-0.39, 0.29) is 0 Å². The largest absolute Gasteiger partial charge is 0.324 e. The molecule has 0 radical (unpaired) electrons. The van der Waals surface area contributed by atoms with E-state index in [9.17, 15) is 0 Å². The molecule has 0 unspecified atom stereocenters. The van der Waals surface area contributed by atoms with Gasteiger partial charge in [0.15, 0.2) is 0 Å². The number of benzene rings is 1. The molecule has 2 nitrogen and oxygen atoms in total. The van der Waals surface area contributed by atoms with Gasteiger partial charge in [0.05, 0.1) is 11.0 Å². The molecule has 1 aromatic carbocycles. The summed E-state index contributed by atoms with van der Waals surface area (Å²) in [5, 5.41) is 0. The molecule has 0 saturated carbocycles. The minimum atomic E-state index is 0.837. The van der Waals surface area contributed by atoms with Crippen LogP contribution < -0.4 is 0 Å². The van der Waals surface area contributed by atoms with Gasteiger partial charge in [-0.15, -0.1) is 6.58 Å². The predicted octanol–water partition coefficient (Wildman–Crippen LogP) is 2.78. The van der Waals surface area contributed by atoms with E-state index in [0.717, 1.165) is 24.3 Å². The minimum absolute atomic E-state index is 0.837. The number of allylic oxidation sites excluding steroid dienone is 1. The maximum Gasteiger partial charge on any atom is 0.109 e. The third-order valence-corrected chi connectivity index (χ3v) is 2.36. The third-order valence-electron chi connectivity index (χ3n) is 2.36. The first kappa shape index (κ1) is 9.00. The van der Waals surface area contributed by atoms with Crippen LogP contribution in [0.1, 0.15) is 12.7 Å². The van der Waals surface area contributed by atoms with Crippen LogP contribution in [0.2, 0.25) is 0 Å². The van der Waals surface area contributed by atoms with Crippen molar-refractivity contribution < 1.29 is 0 Å². The maximum absolute atomic E-state index is 4.56. The number of fused-ring (bicyclic) bond motifs is 1. The average Bonchev–Trinajstić information content (AvgIpc) is 2.58. The Morgan fingerprint density at radius 2 is 2.21 bits per heavy atom. The quantitative estimate of drug-likeness (QED) is 0.674. The molecule has 0 aliphatic rings. The molecule has 2 heteroatoms. The van der Waals surface area contributed by atoms with Gasteiger partial charge in [-0.25, -0.2) is 4.98 Å². The standard InChI is InChI=1S/C12H14N2/c1-3-9-14-11-8-6-5-7-10(11)13-12(14)4-2/h3,5-8H,1,4,9H2,2H3. The van der Waals surface area contributed by atoms with E-state index in [1.807, 2.05) is 24.3 Å². The summed E-state index contributed by atoms with van der Waals surface area (Å²) in [6.45, 7) is 6.73. The third kappa shape index (κ3) is 1.33. The monoisotopic (exact) mass is 186 g/mol. The molecule has 0 amide bonds. The molecule has 1 heterocycles. The lowest BCUT2D eigenvalue weighted by molar-refractivity contribution is 0.770. The number of para-hydroxylation sites is 2. The van der Waals surface area contributed by atoms with Crippen LogP contribution in [0.15, 0.2) is 36.9 Å². The Labute approximate surface area is 83.9 Å². The first-order chi connectivity index (χ1) is 6.86. The lowest BCUT2D eigenvalue weighted by Gasteiger charge is -2.03. The average molecular weight is 186 g/mol. The molecule has 14 heavy (non-hydrogen) atoms. The Bertz CT molecular complexity index is 454. The van der Waals surface area contributed by atoms with Crippen molar-refractivity contribution in [1.82, 2.24) is 9.55 Å². The van der Waals surface area contributed by atoms with Gasteiger partial charge in [-0.3, -0.25) is 0 Å². The van der Waals surface area contributed by atoms with Gasteiger partial charge < -0.3 is 4.57 Å². The van der Waals surface area contributed by atoms with Crippen LogP contribution in [-0.4, -0.2) is 9.55 Å². The Morgan fingerprint density at radius 1 is 1.43 bits per heavy atom. The van der Waals surface area contributed by atoms with Crippen molar-refractivity contribution in [2.75, 3.05) is 0 Å². The second-order valence-electron chi connectivity index (χ2n) is 3.27. The summed E-state index contributed by atoms with van der Waals surface area (Å²) in [6.07, 6.45) is 2.87. The summed E-state index contributed by atoms with van der Waals surface area (Å²) in [5.41, 5.74) is 2.27. The van der Waals surface area contributed by atoms with Crippen molar-refractivity contribution in [3.8, 4) is 0 Å². The zero-order valence-corrected chi connectivity index (χ0v) is 8.40. The van der Waals surface area contributed by atoms with Gasteiger partial charge in [-0.05, 0) is 12.1 Å². The Hall–Kier alpha value is -1.57. The maximum atomic E-state index is 4.56. The number of aromatic nitrogens is 2. The van der Waals surface area contributed by atoms with Crippen LogP contribution in [0.25, 0.3) is 11.0 Å². The first-order valence-corrected chi connectivity index (χ1v) is 4.92. The molecular formula is C12H14N2. The zero-order valence-electron chi connectivity index (χ0n) is 8.40. The number of imidazole rings is 1. The number of rotatable bonds is 3. The van der Waals surface area contributed by atoms with Crippen molar-refractivity contribution in [3.63, 3.8) is 0 Å². The molecule has 2 rings (SSSR count). The topological polar surface area (TPSA) is 17.8 Å². The van der Waals surface area contributed by atoms with Crippen molar-refractivity contribution >= 4 is 11.0 Å². The van der Waals surface area contributed by atoms with E-state index < -0.39 is 0 Å². The highest BCUT2D eigenvalue weighted by atomic mass is 15.1. The summed E-state index contributed by atoms with van der Waals surface area (Å²) in [4.78, 5) is 4.56. The van der Waals surface area contributed by atoms with E-state index >= 15 is 0 Å². The minimum Gasteiger partial charge on any atom is -0.324 e. The van der Waals surface area contributed by atoms with Crippen molar-refractivity contribution in [2.24, 2.45) is 0 Å². The van der Waals surface area contributed by atoms with Crippen molar-refractivity contribution in [1.29, 1.82) is 0 Å². The molecule has 0 fully saturated rings. The second-order valence-corrected chi connectivity index (χ2v) is 3.27. The van der Waals surface area contributed by atoms with Crippen LogP contribution in [0, 0.1) is 0 Å². The number of hydrogen-bond acceptors (Lipinski definition) is 1. The lowest BCUT2D eigenvalue weighted by atomic mass is 10.3. The summed E-state index contributed by atoms with van der Waals surface area (Å²) in [6, 6.07) is 8.22. The van der Waals surface area contributed by atoms with Gasteiger partial charge in [0.1, 0.15) is 5.82 Å². The smallest absolute Gasteiger partial charge is 0.109 e. The van der Waals surface area contributed by atoms with Gasteiger partial charge in [-0.1, -0.05) is 25.1 Å². The van der Waals surface area contributed by atoms with E-state index in [2.05, 4.69) is 29.1 Å². The highest BCUT2D eigenvalue weighted by Gasteiger charge is 2.06. The van der Waals surface area contributed by atoms with Crippen molar-refractivity contribution in [3.05, 3.63) is 42.7 Å². The molecule has 1 aromatic heterocycles. The van der Waals surface area contributed by atoms with Crippen LogP contribution in [0.4, 0.5) is 0 Å². The van der Waals surface area contributed by atoms with Gasteiger partial charge in [-0.2, -0.15) is 0 Å². The summed E-state index contributed by atoms with van der Waals surface area (Å²) < 4.78 is 2.21. The van der Waals surface area contributed by atoms with Crippen LogP contribution in [-0.2, 0) is 13.0 Å². The fourth-order valence-corrected chi connectivity index (χ4v) is 1.73. The summed E-state index contributed by atoms with van der Waals surface area (Å²) in [5.74, 6) is 1.13. The number of aryl methyl sites for hydroxylation is 1. The molecule has 72 valence electrons. The zero-order chi connectivity index (χ0) is 9.97. The van der Waals surface area contributed by atoms with Crippen LogP contribution in [0.5, 0.6) is 0 Å². The Morgan fingerprint density at radius 3 is 2.93 bits per heavy atom. The molecule has 2 aromatic rings. The lowest BCUT2D eigenvalue weighted by Crippen LogP contribution is -2.00. The Kier molecular flexibility index (Phi) is 2.35. The Balaban J connectivity index is 2.67. The normalized spacial score (nSPS) is 10.6. The molecule has 0 spiro atoms. The van der Waals surface area contributed by atoms with Gasteiger partial charge >= 0.3 is 0 Å². The van der Waals surface area contributed by atoms with Crippen molar-refractivity contribution in [2.45, 2.75) is 19.9 Å². The molecule has 0 bridgehead atoms. The van der Waals surface area contributed by atoms with E-state index in [1.54, 1.807) is 0 Å².